The molecule has 0 aliphatic carbocycles. The molecule has 0 atom stereocenters. The maximum Gasteiger partial charge on any atom is 0.303 e. The average Bonchev–Trinajstić information content (AvgIpc) is 2.78. The van der Waals surface area contributed by atoms with E-state index in [1.807, 2.05) is 12.1 Å². The molecule has 166 valence electrons. The Labute approximate surface area is 192 Å². The molecule has 1 aliphatic heterocycles. The van der Waals surface area contributed by atoms with Crippen molar-refractivity contribution in [2.75, 3.05) is 16.8 Å². The molecule has 32 heavy (non-hydrogen) atoms. The van der Waals surface area contributed by atoms with E-state index in [2.05, 4.69) is 41.4 Å². The normalized spacial score (nSPS) is 13.0. The van der Waals surface area contributed by atoms with Gasteiger partial charge in [-0.1, -0.05) is 29.8 Å². The minimum Gasteiger partial charge on any atom is -0.481 e. The quantitative estimate of drug-likeness (QED) is 0.429. The van der Waals surface area contributed by atoms with E-state index in [1.54, 1.807) is 12.1 Å². The fraction of sp³-hybridized carbons (Fsp3) is 0.269. The Morgan fingerprint density at radius 1 is 1.12 bits per heavy atom. The molecule has 0 aromatic heterocycles. The zero-order chi connectivity index (χ0) is 22.7. The molecule has 0 saturated carbocycles. The van der Waals surface area contributed by atoms with Gasteiger partial charge < -0.3 is 15.3 Å². The monoisotopic (exact) mass is 452 g/mol. The largest absolute Gasteiger partial charge is 0.481 e. The number of carboxylic acids is 1. The second kappa shape index (κ2) is 9.61. The van der Waals surface area contributed by atoms with Crippen LogP contribution >= 0.6 is 11.6 Å². The van der Waals surface area contributed by atoms with E-state index in [4.69, 9.17) is 16.7 Å². The summed E-state index contributed by atoms with van der Waals surface area (Å²) in [7, 11) is 0. The number of nitrogens with zero attached hydrogens (tertiary/aromatic N) is 1. The summed E-state index contributed by atoms with van der Waals surface area (Å²) in [6.07, 6.45) is 2.26. The number of carboxylic acid groups (broad SMARTS) is 1. The van der Waals surface area contributed by atoms with Gasteiger partial charge in [-0.2, -0.15) is 0 Å². The maximum atomic E-state index is 14.3. The minimum atomic E-state index is -0.929. The summed E-state index contributed by atoms with van der Waals surface area (Å²) in [5.74, 6) is -1.31. The van der Waals surface area contributed by atoms with Crippen LogP contribution in [0.5, 0.6) is 0 Å². The second-order valence-corrected chi connectivity index (χ2v) is 8.58. The molecule has 0 bridgehead atoms. The summed E-state index contributed by atoms with van der Waals surface area (Å²) in [5, 5.41) is 12.8. The molecule has 0 radical (unpaired) electrons. The van der Waals surface area contributed by atoms with E-state index in [1.165, 1.54) is 22.9 Å². The van der Waals surface area contributed by atoms with E-state index in [-0.39, 0.29) is 18.7 Å². The summed E-state index contributed by atoms with van der Waals surface area (Å²) >= 11 is 6.08. The van der Waals surface area contributed by atoms with Crippen LogP contribution in [0.2, 0.25) is 5.02 Å². The predicted molar refractivity (Wildman–Crippen MR) is 128 cm³/mol. The third-order valence-corrected chi connectivity index (χ3v) is 6.26. The highest BCUT2D eigenvalue weighted by atomic mass is 35.5. The molecule has 0 saturated heterocycles. The molecule has 4 rings (SSSR count). The van der Waals surface area contributed by atoms with Gasteiger partial charge in [0.2, 0.25) is 0 Å². The summed E-state index contributed by atoms with van der Waals surface area (Å²) in [6, 6.07) is 17.2. The summed E-state index contributed by atoms with van der Waals surface area (Å²) in [6.45, 7) is 3.66. The van der Waals surface area contributed by atoms with Crippen LogP contribution in [-0.4, -0.2) is 17.6 Å². The maximum absolute atomic E-state index is 14.3. The van der Waals surface area contributed by atoms with Crippen LogP contribution < -0.4 is 10.2 Å². The number of aliphatic carboxylic acids is 1. The van der Waals surface area contributed by atoms with Gasteiger partial charge in [-0.25, -0.2) is 4.39 Å². The van der Waals surface area contributed by atoms with Crippen LogP contribution in [-0.2, 0) is 24.2 Å². The van der Waals surface area contributed by atoms with E-state index in [9.17, 15) is 9.18 Å². The number of nitrogens with one attached hydrogen (secondary N) is 1. The molecule has 2 N–H and O–H groups in total. The summed E-state index contributed by atoms with van der Waals surface area (Å²) in [5.41, 5.74) is 7.16. The average molecular weight is 453 g/mol. The summed E-state index contributed by atoms with van der Waals surface area (Å²) in [4.78, 5) is 13.1. The molecular formula is C26H26ClFN2O2. The number of fused-ring (bicyclic) bond motifs is 1. The van der Waals surface area contributed by atoms with Crippen molar-refractivity contribution in [2.45, 2.75) is 39.2 Å². The molecule has 1 heterocycles. The number of halogens is 2. The van der Waals surface area contributed by atoms with Gasteiger partial charge in [0.1, 0.15) is 5.82 Å². The highest BCUT2D eigenvalue weighted by molar-refractivity contribution is 6.30. The Balaban J connectivity index is 1.53. The molecule has 4 nitrogen and oxygen atoms in total. The third-order valence-electron chi connectivity index (χ3n) is 6.01. The van der Waals surface area contributed by atoms with Crippen LogP contribution in [0.1, 0.15) is 35.1 Å². The first-order valence-electron chi connectivity index (χ1n) is 10.8. The topological polar surface area (TPSA) is 52.6 Å². The van der Waals surface area contributed by atoms with Gasteiger partial charge in [-0.15, -0.1) is 0 Å². The Morgan fingerprint density at radius 3 is 2.59 bits per heavy atom. The fourth-order valence-electron chi connectivity index (χ4n) is 4.28. The smallest absolute Gasteiger partial charge is 0.303 e. The van der Waals surface area contributed by atoms with Crippen molar-refractivity contribution >= 4 is 34.6 Å². The molecule has 3 aromatic carbocycles. The zero-order valence-electron chi connectivity index (χ0n) is 18.0. The number of carbonyl (C=O) groups is 1. The lowest BCUT2D eigenvalue weighted by atomic mass is 9.94. The molecule has 0 amide bonds. The number of benzene rings is 3. The van der Waals surface area contributed by atoms with Crippen molar-refractivity contribution in [3.63, 3.8) is 0 Å². The van der Waals surface area contributed by atoms with Crippen molar-refractivity contribution in [3.8, 4) is 0 Å². The third kappa shape index (κ3) is 4.89. The van der Waals surface area contributed by atoms with Crippen molar-refractivity contribution in [3.05, 3.63) is 87.7 Å². The van der Waals surface area contributed by atoms with Gasteiger partial charge in [0.25, 0.3) is 0 Å². The molecule has 0 spiro atoms. The van der Waals surface area contributed by atoms with E-state index >= 15 is 0 Å². The lowest BCUT2D eigenvalue weighted by Gasteiger charge is -2.34. The predicted octanol–water partition coefficient (Wildman–Crippen LogP) is 6.50. The Kier molecular flexibility index (Phi) is 6.66. The zero-order valence-corrected chi connectivity index (χ0v) is 18.8. The van der Waals surface area contributed by atoms with E-state index in [0.29, 0.717) is 17.8 Å². The Bertz CT molecular complexity index is 1130. The number of rotatable bonds is 7. The van der Waals surface area contributed by atoms with Crippen LogP contribution in [0.4, 0.5) is 21.5 Å². The SMILES string of the molecule is Cc1c(CNc2ccc(CCC(=O)O)c(F)c2)ccc2c1N(c1ccc(Cl)cc1)CCC2. The first kappa shape index (κ1) is 22.2. The Morgan fingerprint density at radius 2 is 1.88 bits per heavy atom. The van der Waals surface area contributed by atoms with Crippen LogP contribution in [0.15, 0.2) is 54.6 Å². The standard InChI is InChI=1S/C26H26ClFN2O2/c1-17-20(16-29-22-10-6-18(24(28)15-22)7-13-25(31)32)5-4-19-3-2-14-30(26(17)19)23-11-8-21(27)9-12-23/h4-6,8-12,15,29H,2-3,7,13-14,16H2,1H3,(H,31,32). The molecule has 0 unspecified atom stereocenters. The highest BCUT2D eigenvalue weighted by Crippen LogP contribution is 2.38. The summed E-state index contributed by atoms with van der Waals surface area (Å²) < 4.78 is 14.3. The van der Waals surface area contributed by atoms with E-state index in [0.717, 1.165) is 35.7 Å². The van der Waals surface area contributed by atoms with Crippen molar-refractivity contribution < 1.29 is 14.3 Å². The van der Waals surface area contributed by atoms with E-state index < -0.39 is 5.97 Å². The van der Waals surface area contributed by atoms with Gasteiger partial charge in [0, 0.05) is 41.6 Å². The van der Waals surface area contributed by atoms with Crippen LogP contribution in [0, 0.1) is 12.7 Å². The fourth-order valence-corrected chi connectivity index (χ4v) is 4.41. The first-order valence-corrected chi connectivity index (χ1v) is 11.2. The molecular weight excluding hydrogens is 427 g/mol. The van der Waals surface area contributed by atoms with Crippen molar-refractivity contribution in [1.82, 2.24) is 0 Å². The molecule has 6 heteroatoms. The lowest BCUT2D eigenvalue weighted by Crippen LogP contribution is -2.26. The van der Waals surface area contributed by atoms with Gasteiger partial charge in [0.15, 0.2) is 0 Å². The minimum absolute atomic E-state index is 0.0812. The second-order valence-electron chi connectivity index (χ2n) is 8.14. The van der Waals surface area contributed by atoms with Crippen molar-refractivity contribution in [1.29, 1.82) is 0 Å². The van der Waals surface area contributed by atoms with Gasteiger partial charge in [-0.3, -0.25) is 4.79 Å². The number of hydrogen-bond donors (Lipinski definition) is 2. The number of hydrogen-bond acceptors (Lipinski definition) is 3. The molecule has 3 aromatic rings. The number of aryl methyl sites for hydroxylation is 2. The first-order chi connectivity index (χ1) is 15.4. The van der Waals surface area contributed by atoms with Crippen LogP contribution in [0.25, 0.3) is 0 Å². The molecule has 1 aliphatic rings. The van der Waals surface area contributed by atoms with Gasteiger partial charge in [-0.05, 0) is 84.8 Å². The van der Waals surface area contributed by atoms with Gasteiger partial charge in [0.05, 0.1) is 0 Å². The lowest BCUT2D eigenvalue weighted by molar-refractivity contribution is -0.136. The number of anilines is 3. The van der Waals surface area contributed by atoms with Gasteiger partial charge >= 0.3 is 5.97 Å². The Hall–Kier alpha value is -3.05. The van der Waals surface area contributed by atoms with Crippen LogP contribution in [0.3, 0.4) is 0 Å². The van der Waals surface area contributed by atoms with Crippen molar-refractivity contribution in [2.24, 2.45) is 0 Å². The highest BCUT2D eigenvalue weighted by Gasteiger charge is 2.22. The molecule has 0 fully saturated rings.